The van der Waals surface area contributed by atoms with E-state index in [1.54, 1.807) is 0 Å². The lowest BCUT2D eigenvalue weighted by atomic mass is 10.0. The molecule has 0 saturated heterocycles. The van der Waals surface area contributed by atoms with Crippen molar-refractivity contribution >= 4 is 0 Å². The first-order valence-corrected chi connectivity index (χ1v) is 7.12. The summed E-state index contributed by atoms with van der Waals surface area (Å²) in [4.78, 5) is 0. The molecule has 0 spiro atoms. The molecule has 0 amide bonds. The van der Waals surface area contributed by atoms with Crippen LogP contribution < -0.4 is 5.32 Å². The molecule has 0 bridgehead atoms. The lowest BCUT2D eigenvalue weighted by Gasteiger charge is -2.18. The van der Waals surface area contributed by atoms with Gasteiger partial charge in [0.25, 0.3) is 0 Å². The molecular weight excluding hydrogens is 226 g/mol. The number of rotatable bonds is 3. The summed E-state index contributed by atoms with van der Waals surface area (Å²) < 4.78 is 5.79. The molecule has 1 aromatic rings. The van der Waals surface area contributed by atoms with Crippen molar-refractivity contribution in [1.29, 1.82) is 0 Å². The second-order valence-electron chi connectivity index (χ2n) is 6.33. The molecule has 4 nitrogen and oxygen atoms in total. The van der Waals surface area contributed by atoms with Gasteiger partial charge in [-0.2, -0.15) is 0 Å². The van der Waals surface area contributed by atoms with Gasteiger partial charge in [-0.05, 0) is 33.6 Å². The van der Waals surface area contributed by atoms with Gasteiger partial charge in [0.15, 0.2) is 0 Å². The van der Waals surface area contributed by atoms with Gasteiger partial charge >= 0.3 is 0 Å². The molecule has 1 aromatic heterocycles. The van der Waals surface area contributed by atoms with Gasteiger partial charge in [-0.3, -0.25) is 0 Å². The fraction of sp³-hybridized carbons (Fsp3) is 0.857. The Morgan fingerprint density at radius 3 is 2.39 bits per heavy atom. The van der Waals surface area contributed by atoms with Crippen LogP contribution in [0.5, 0.6) is 0 Å². The number of aromatic nitrogens is 2. The van der Waals surface area contributed by atoms with Crippen LogP contribution in [0.15, 0.2) is 4.42 Å². The number of hydrogen-bond acceptors (Lipinski definition) is 4. The SMILES string of the molecule is CC(C)(C)NCc1nnc(C2CCCCCC2)o1. The van der Waals surface area contributed by atoms with E-state index in [1.807, 2.05) is 0 Å². The Labute approximate surface area is 110 Å². The van der Waals surface area contributed by atoms with E-state index in [0.717, 1.165) is 5.89 Å². The van der Waals surface area contributed by atoms with Gasteiger partial charge in [0.1, 0.15) is 0 Å². The third-order valence-electron chi connectivity index (χ3n) is 3.46. The predicted octanol–water partition coefficient (Wildman–Crippen LogP) is 3.40. The fourth-order valence-corrected chi connectivity index (χ4v) is 2.37. The number of hydrogen-bond donors (Lipinski definition) is 1. The molecular formula is C14H25N3O. The third kappa shape index (κ3) is 4.09. The van der Waals surface area contributed by atoms with Crippen molar-refractivity contribution in [1.82, 2.24) is 15.5 Å². The van der Waals surface area contributed by atoms with E-state index >= 15 is 0 Å². The summed E-state index contributed by atoms with van der Waals surface area (Å²) in [6.07, 6.45) is 7.69. The van der Waals surface area contributed by atoms with E-state index in [0.29, 0.717) is 18.4 Å². The van der Waals surface area contributed by atoms with Crippen LogP contribution in [0.1, 0.15) is 77.0 Å². The molecule has 0 aliphatic heterocycles. The number of nitrogens with zero attached hydrogens (tertiary/aromatic N) is 2. The molecule has 4 heteroatoms. The molecule has 0 unspecified atom stereocenters. The molecule has 0 atom stereocenters. The number of nitrogens with one attached hydrogen (secondary N) is 1. The molecule has 0 aromatic carbocycles. The fourth-order valence-electron chi connectivity index (χ4n) is 2.37. The Hall–Kier alpha value is -0.900. The highest BCUT2D eigenvalue weighted by molar-refractivity contribution is 4.93. The van der Waals surface area contributed by atoms with Crippen LogP contribution in [0.25, 0.3) is 0 Å². The average Bonchev–Trinajstić information content (AvgIpc) is 2.60. The van der Waals surface area contributed by atoms with Crippen LogP contribution in [0.4, 0.5) is 0 Å². The summed E-state index contributed by atoms with van der Waals surface area (Å²) >= 11 is 0. The van der Waals surface area contributed by atoms with Gasteiger partial charge < -0.3 is 9.73 Å². The zero-order valence-electron chi connectivity index (χ0n) is 11.8. The van der Waals surface area contributed by atoms with E-state index in [2.05, 4.69) is 36.3 Å². The molecule has 0 radical (unpaired) electrons. The van der Waals surface area contributed by atoms with Crippen LogP contribution in [-0.2, 0) is 6.54 Å². The van der Waals surface area contributed by atoms with Crippen LogP contribution in [0.3, 0.4) is 0 Å². The normalized spacial score (nSPS) is 18.8. The van der Waals surface area contributed by atoms with Gasteiger partial charge in [-0.15, -0.1) is 10.2 Å². The minimum atomic E-state index is 0.0803. The van der Waals surface area contributed by atoms with Gasteiger partial charge in [-0.25, -0.2) is 0 Å². The van der Waals surface area contributed by atoms with Crippen LogP contribution in [-0.4, -0.2) is 15.7 Å². The smallest absolute Gasteiger partial charge is 0.230 e. The standard InChI is InChI=1S/C14H25N3O/c1-14(2,3)15-10-12-16-17-13(18-12)11-8-6-4-5-7-9-11/h11,15H,4-10H2,1-3H3. The van der Waals surface area contributed by atoms with Crippen LogP contribution >= 0.6 is 0 Å². The van der Waals surface area contributed by atoms with Crippen molar-refractivity contribution in [2.24, 2.45) is 0 Å². The Morgan fingerprint density at radius 1 is 1.11 bits per heavy atom. The van der Waals surface area contributed by atoms with Crippen molar-refractivity contribution in [3.05, 3.63) is 11.8 Å². The van der Waals surface area contributed by atoms with Gasteiger partial charge in [-0.1, -0.05) is 25.7 Å². The zero-order valence-corrected chi connectivity index (χ0v) is 11.8. The van der Waals surface area contributed by atoms with E-state index < -0.39 is 0 Å². The summed E-state index contributed by atoms with van der Waals surface area (Å²) in [7, 11) is 0. The van der Waals surface area contributed by atoms with Crippen molar-refractivity contribution in [3.63, 3.8) is 0 Å². The molecule has 1 aliphatic carbocycles. The van der Waals surface area contributed by atoms with Gasteiger partial charge in [0, 0.05) is 11.5 Å². The Kier molecular flexibility index (Phi) is 4.38. The predicted molar refractivity (Wildman–Crippen MR) is 71.3 cm³/mol. The van der Waals surface area contributed by atoms with E-state index in [4.69, 9.17) is 4.42 Å². The minimum Gasteiger partial charge on any atom is -0.424 e. The van der Waals surface area contributed by atoms with E-state index in [9.17, 15) is 0 Å². The lowest BCUT2D eigenvalue weighted by molar-refractivity contribution is 0.354. The largest absolute Gasteiger partial charge is 0.424 e. The summed E-state index contributed by atoms with van der Waals surface area (Å²) in [6.45, 7) is 7.06. The summed E-state index contributed by atoms with van der Waals surface area (Å²) in [5, 5.41) is 11.7. The van der Waals surface area contributed by atoms with Gasteiger partial charge in [0.05, 0.1) is 6.54 Å². The minimum absolute atomic E-state index is 0.0803. The first-order valence-electron chi connectivity index (χ1n) is 7.12. The monoisotopic (exact) mass is 251 g/mol. The van der Waals surface area contributed by atoms with E-state index in [1.165, 1.54) is 38.5 Å². The highest BCUT2D eigenvalue weighted by Gasteiger charge is 2.20. The van der Waals surface area contributed by atoms with Crippen molar-refractivity contribution in [2.75, 3.05) is 0 Å². The summed E-state index contributed by atoms with van der Waals surface area (Å²) in [6, 6.07) is 0. The molecule has 18 heavy (non-hydrogen) atoms. The van der Waals surface area contributed by atoms with Crippen molar-refractivity contribution < 1.29 is 4.42 Å². The highest BCUT2D eigenvalue weighted by Crippen LogP contribution is 2.30. The molecule has 1 heterocycles. The van der Waals surface area contributed by atoms with Crippen molar-refractivity contribution in [3.8, 4) is 0 Å². The maximum atomic E-state index is 5.79. The summed E-state index contributed by atoms with van der Waals surface area (Å²) in [5.41, 5.74) is 0.0803. The highest BCUT2D eigenvalue weighted by atomic mass is 16.4. The Morgan fingerprint density at radius 2 is 1.78 bits per heavy atom. The first kappa shape index (κ1) is 13.5. The second-order valence-corrected chi connectivity index (χ2v) is 6.33. The van der Waals surface area contributed by atoms with Crippen LogP contribution in [0.2, 0.25) is 0 Å². The molecule has 1 aliphatic rings. The molecule has 1 fully saturated rings. The zero-order chi connectivity index (χ0) is 13.0. The van der Waals surface area contributed by atoms with E-state index in [-0.39, 0.29) is 5.54 Å². The third-order valence-corrected chi connectivity index (χ3v) is 3.46. The molecule has 2 rings (SSSR count). The Bertz CT molecular complexity index is 359. The molecule has 1 N–H and O–H groups in total. The quantitative estimate of drug-likeness (QED) is 0.837. The van der Waals surface area contributed by atoms with Gasteiger partial charge in [0.2, 0.25) is 11.8 Å². The first-order chi connectivity index (χ1) is 8.54. The summed E-state index contributed by atoms with van der Waals surface area (Å²) in [5.74, 6) is 2.05. The topological polar surface area (TPSA) is 51.0 Å². The lowest BCUT2D eigenvalue weighted by Crippen LogP contribution is -2.35. The molecule has 102 valence electrons. The maximum absolute atomic E-state index is 5.79. The Balaban J connectivity index is 1.92. The van der Waals surface area contributed by atoms with Crippen molar-refractivity contribution in [2.45, 2.75) is 77.3 Å². The van der Waals surface area contributed by atoms with Crippen LogP contribution in [0, 0.1) is 0 Å². The second kappa shape index (κ2) is 5.83. The average molecular weight is 251 g/mol. The maximum Gasteiger partial charge on any atom is 0.230 e. The molecule has 1 saturated carbocycles.